The fourth-order valence-corrected chi connectivity index (χ4v) is 4.44. The van der Waals surface area contributed by atoms with Gasteiger partial charge in [-0.1, -0.05) is 28.7 Å². The number of alkyl halides is 1. The summed E-state index contributed by atoms with van der Waals surface area (Å²) in [6.45, 7) is 6.07. The van der Waals surface area contributed by atoms with Crippen LogP contribution in [0.2, 0.25) is 0 Å². The van der Waals surface area contributed by atoms with Crippen LogP contribution in [0.3, 0.4) is 0 Å². The van der Waals surface area contributed by atoms with Gasteiger partial charge in [0.15, 0.2) is 0 Å². The number of aromatic nitrogens is 1. The molecule has 3 saturated heterocycles. The molecule has 3 N–H and O–H groups in total. The molecule has 0 spiro atoms. The van der Waals surface area contributed by atoms with Crippen LogP contribution in [0, 0.1) is 11.8 Å². The zero-order valence-corrected chi connectivity index (χ0v) is 18.1. The summed E-state index contributed by atoms with van der Waals surface area (Å²) >= 11 is 2.15. The lowest BCUT2D eigenvalue weighted by molar-refractivity contribution is -0.0444. The number of pyridine rings is 1. The summed E-state index contributed by atoms with van der Waals surface area (Å²) in [4.78, 5) is 8.83. The standard InChI is InChI=1S/C20H24N2O2.CH3I.H2O/c1-3-13-12-22-9-7-14(13)10-19(22)20(23)16-6-8-21-18-5-4-15(24-2)11-17(16)18;1-2;/h3-6,8,11,13-14,19-20,23H,1,7,9-10,12H2,2H3;1H3;1H2/t13-,14-,19+,20-;;/m0../s1. The summed E-state index contributed by atoms with van der Waals surface area (Å²) in [5.74, 6) is 2.01. The highest BCUT2D eigenvalue weighted by Crippen LogP contribution is 2.42. The normalized spacial score (nSPS) is 27.1. The Balaban J connectivity index is 0.000000844. The number of fused-ring (bicyclic) bond motifs is 4. The molecule has 6 heteroatoms. The first-order chi connectivity index (χ1) is 12.7. The third-order valence-electron chi connectivity index (χ3n) is 5.82. The summed E-state index contributed by atoms with van der Waals surface area (Å²) in [7, 11) is 1.66. The van der Waals surface area contributed by atoms with Crippen LogP contribution in [0.4, 0.5) is 0 Å². The van der Waals surface area contributed by atoms with E-state index in [2.05, 4.69) is 45.1 Å². The van der Waals surface area contributed by atoms with Gasteiger partial charge in [-0.3, -0.25) is 9.88 Å². The third-order valence-corrected chi connectivity index (χ3v) is 5.82. The van der Waals surface area contributed by atoms with E-state index in [0.29, 0.717) is 11.8 Å². The van der Waals surface area contributed by atoms with Crippen LogP contribution < -0.4 is 4.74 Å². The number of halogens is 1. The summed E-state index contributed by atoms with van der Waals surface area (Å²) in [6, 6.07) is 7.96. The van der Waals surface area contributed by atoms with Crippen molar-refractivity contribution >= 4 is 33.5 Å². The van der Waals surface area contributed by atoms with E-state index in [4.69, 9.17) is 4.74 Å². The maximum Gasteiger partial charge on any atom is 0.119 e. The number of hydrogen-bond donors (Lipinski definition) is 1. The molecule has 4 heterocycles. The molecule has 3 aliphatic heterocycles. The number of hydrogen-bond acceptors (Lipinski definition) is 4. The van der Waals surface area contributed by atoms with E-state index in [1.807, 2.05) is 29.2 Å². The van der Waals surface area contributed by atoms with Gasteiger partial charge in [-0.25, -0.2) is 0 Å². The van der Waals surface area contributed by atoms with Crippen LogP contribution in [0.1, 0.15) is 24.5 Å². The van der Waals surface area contributed by atoms with Crippen molar-refractivity contribution in [2.75, 3.05) is 25.1 Å². The number of ether oxygens (including phenoxy) is 1. The Morgan fingerprint density at radius 2 is 2.15 bits per heavy atom. The molecular weight excluding hydrogens is 455 g/mol. The number of piperidine rings is 3. The summed E-state index contributed by atoms with van der Waals surface area (Å²) < 4.78 is 5.35. The van der Waals surface area contributed by atoms with E-state index < -0.39 is 6.10 Å². The van der Waals surface area contributed by atoms with Gasteiger partial charge in [-0.2, -0.15) is 0 Å². The maximum absolute atomic E-state index is 11.2. The van der Waals surface area contributed by atoms with E-state index in [-0.39, 0.29) is 11.5 Å². The third kappa shape index (κ3) is 4.29. The molecule has 1 aromatic heterocycles. The molecule has 3 aliphatic rings. The van der Waals surface area contributed by atoms with Gasteiger partial charge in [0.25, 0.3) is 0 Å². The van der Waals surface area contributed by atoms with Crippen LogP contribution in [0.25, 0.3) is 10.9 Å². The molecule has 2 aromatic rings. The van der Waals surface area contributed by atoms with Gasteiger partial charge in [0.05, 0.1) is 18.7 Å². The van der Waals surface area contributed by atoms with Crippen LogP contribution in [-0.4, -0.2) is 51.6 Å². The topological polar surface area (TPSA) is 77.1 Å². The Morgan fingerprint density at radius 1 is 1.37 bits per heavy atom. The molecule has 1 unspecified atom stereocenters. The van der Waals surface area contributed by atoms with E-state index in [1.165, 1.54) is 6.42 Å². The molecule has 0 radical (unpaired) electrons. The predicted octanol–water partition coefficient (Wildman–Crippen LogP) is 3.40. The molecule has 148 valence electrons. The van der Waals surface area contributed by atoms with Gasteiger partial charge in [-0.05, 0) is 66.0 Å². The van der Waals surface area contributed by atoms with Crippen molar-refractivity contribution in [3.63, 3.8) is 0 Å². The molecule has 3 fully saturated rings. The van der Waals surface area contributed by atoms with Gasteiger partial charge in [-0.15, -0.1) is 6.58 Å². The first-order valence-corrected chi connectivity index (χ1v) is 11.2. The minimum atomic E-state index is -0.504. The zero-order chi connectivity index (χ0) is 18.7. The molecule has 1 aromatic carbocycles. The molecule has 5 rings (SSSR count). The SMILES string of the molecule is C=C[C@H]1CN2CC[C@H]1C[C@@H]2[C@@H](O)c1ccnc2ccc(OC)cc12.CI.O. The van der Waals surface area contributed by atoms with Crippen molar-refractivity contribution in [1.29, 1.82) is 0 Å². The second-order valence-electron chi connectivity index (χ2n) is 6.97. The number of aliphatic hydroxyl groups excluding tert-OH is 1. The van der Waals surface area contributed by atoms with Crippen molar-refractivity contribution < 1.29 is 15.3 Å². The van der Waals surface area contributed by atoms with Gasteiger partial charge in [0.1, 0.15) is 5.75 Å². The van der Waals surface area contributed by atoms with Crippen LogP contribution >= 0.6 is 22.6 Å². The number of benzene rings is 1. The Labute approximate surface area is 174 Å². The Bertz CT molecular complexity index is 770. The second kappa shape index (κ2) is 9.82. The van der Waals surface area contributed by atoms with Crippen molar-refractivity contribution in [1.82, 2.24) is 9.88 Å². The van der Waals surface area contributed by atoms with Crippen LogP contribution in [-0.2, 0) is 0 Å². The van der Waals surface area contributed by atoms with Crippen molar-refractivity contribution in [3.8, 4) is 5.75 Å². The Kier molecular flexibility index (Phi) is 8.03. The quantitative estimate of drug-likeness (QED) is 0.410. The molecule has 5 atom stereocenters. The highest BCUT2D eigenvalue weighted by atomic mass is 127. The molecule has 5 nitrogen and oxygen atoms in total. The highest BCUT2D eigenvalue weighted by Gasteiger charge is 2.42. The molecule has 0 amide bonds. The lowest BCUT2D eigenvalue weighted by Crippen LogP contribution is -2.54. The zero-order valence-electron chi connectivity index (χ0n) is 15.9. The average molecular weight is 484 g/mol. The summed E-state index contributed by atoms with van der Waals surface area (Å²) in [5, 5.41) is 12.1. The lowest BCUT2D eigenvalue weighted by Gasteiger charge is -2.50. The lowest BCUT2D eigenvalue weighted by atomic mass is 9.73. The highest BCUT2D eigenvalue weighted by molar-refractivity contribution is 14.1. The Hall–Kier alpha value is -1.22. The average Bonchev–Trinajstić information content (AvgIpc) is 2.73. The fourth-order valence-electron chi connectivity index (χ4n) is 4.44. The van der Waals surface area contributed by atoms with Crippen LogP contribution in [0.5, 0.6) is 5.75 Å². The summed E-state index contributed by atoms with van der Waals surface area (Å²) in [5.41, 5.74) is 1.85. The fraction of sp³-hybridized carbons (Fsp3) is 0.476. The number of rotatable bonds is 4. The molecule has 0 aliphatic carbocycles. The van der Waals surface area contributed by atoms with Gasteiger partial charge < -0.3 is 15.3 Å². The minimum Gasteiger partial charge on any atom is -0.497 e. The minimum absolute atomic E-state index is 0. The van der Waals surface area contributed by atoms with Crippen molar-refractivity contribution in [2.45, 2.75) is 25.0 Å². The predicted molar refractivity (Wildman–Crippen MR) is 119 cm³/mol. The Morgan fingerprint density at radius 3 is 2.78 bits per heavy atom. The molecule has 0 saturated carbocycles. The molecule has 27 heavy (non-hydrogen) atoms. The van der Waals surface area contributed by atoms with E-state index in [0.717, 1.165) is 41.7 Å². The van der Waals surface area contributed by atoms with E-state index >= 15 is 0 Å². The van der Waals surface area contributed by atoms with Gasteiger partial charge in [0, 0.05) is 24.2 Å². The number of methoxy groups -OCH3 is 1. The summed E-state index contributed by atoms with van der Waals surface area (Å²) in [6.07, 6.45) is 5.62. The second-order valence-corrected chi connectivity index (χ2v) is 6.97. The molecule has 2 bridgehead atoms. The van der Waals surface area contributed by atoms with E-state index in [1.54, 1.807) is 13.3 Å². The first-order valence-electron chi connectivity index (χ1n) is 9.06. The van der Waals surface area contributed by atoms with Crippen molar-refractivity contribution in [2.24, 2.45) is 11.8 Å². The smallest absolute Gasteiger partial charge is 0.119 e. The molecular formula is C21H29IN2O3. The first kappa shape index (κ1) is 22.1. The van der Waals surface area contributed by atoms with Gasteiger partial charge >= 0.3 is 0 Å². The van der Waals surface area contributed by atoms with Gasteiger partial charge in [0.2, 0.25) is 0 Å². The monoisotopic (exact) mass is 484 g/mol. The maximum atomic E-state index is 11.2. The largest absolute Gasteiger partial charge is 0.497 e. The van der Waals surface area contributed by atoms with E-state index in [9.17, 15) is 5.11 Å². The van der Waals surface area contributed by atoms with Crippen molar-refractivity contribution in [3.05, 3.63) is 48.7 Å². The number of aliphatic hydroxyl groups is 1. The number of nitrogens with zero attached hydrogens (tertiary/aromatic N) is 2. The van der Waals surface area contributed by atoms with Crippen LogP contribution in [0.15, 0.2) is 43.1 Å².